The molecular formula is C21H10ClF5N2O2. The number of carbonyl (C=O) groups excluding carboxylic acids is 1. The molecule has 0 saturated heterocycles. The van der Waals surface area contributed by atoms with Crippen LogP contribution in [0.4, 0.5) is 27.6 Å². The fourth-order valence-electron chi connectivity index (χ4n) is 2.90. The molecule has 31 heavy (non-hydrogen) atoms. The molecule has 0 atom stereocenters. The quantitative estimate of drug-likeness (QED) is 0.234. The number of fused-ring (bicyclic) bond motifs is 1. The highest BCUT2D eigenvalue weighted by Crippen LogP contribution is 2.33. The summed E-state index contributed by atoms with van der Waals surface area (Å²) < 4.78 is 73.4. The van der Waals surface area contributed by atoms with Crippen molar-refractivity contribution >= 4 is 34.3 Å². The minimum Gasteiger partial charge on any atom is -0.436 e. The molecule has 10 heteroatoms. The molecule has 0 bridgehead atoms. The van der Waals surface area contributed by atoms with Crippen molar-refractivity contribution in [3.63, 3.8) is 0 Å². The summed E-state index contributed by atoms with van der Waals surface area (Å²) in [5.74, 6) is -11.7. The Bertz CT molecular complexity index is 1290. The Kier molecular flexibility index (Phi) is 5.36. The lowest BCUT2D eigenvalue weighted by molar-refractivity contribution is -0.115. The first kappa shape index (κ1) is 20.8. The van der Waals surface area contributed by atoms with E-state index in [1.807, 2.05) is 0 Å². The molecule has 0 aliphatic rings. The topological polar surface area (TPSA) is 55.1 Å². The maximum Gasteiger partial charge on any atom is 0.233 e. The van der Waals surface area contributed by atoms with Crippen LogP contribution in [0.3, 0.4) is 0 Å². The minimum atomic E-state index is -2.28. The van der Waals surface area contributed by atoms with Gasteiger partial charge in [-0.1, -0.05) is 23.7 Å². The molecule has 0 saturated carbocycles. The van der Waals surface area contributed by atoms with Crippen LogP contribution in [-0.2, 0) is 11.2 Å². The van der Waals surface area contributed by atoms with E-state index in [0.717, 1.165) is 5.56 Å². The average Bonchev–Trinajstić information content (AvgIpc) is 3.15. The Labute approximate surface area is 176 Å². The number of oxazole rings is 1. The summed E-state index contributed by atoms with van der Waals surface area (Å²) in [4.78, 5) is 16.0. The number of halogens is 6. The van der Waals surface area contributed by atoms with Gasteiger partial charge in [-0.2, -0.15) is 0 Å². The molecule has 0 aliphatic heterocycles. The highest BCUT2D eigenvalue weighted by atomic mass is 35.5. The van der Waals surface area contributed by atoms with Gasteiger partial charge < -0.3 is 9.73 Å². The van der Waals surface area contributed by atoms with Gasteiger partial charge in [0.1, 0.15) is 11.1 Å². The van der Waals surface area contributed by atoms with Gasteiger partial charge in [-0.25, -0.2) is 26.9 Å². The number of anilines is 1. The summed E-state index contributed by atoms with van der Waals surface area (Å²) in [6, 6.07) is 10.8. The van der Waals surface area contributed by atoms with Crippen LogP contribution in [0.5, 0.6) is 0 Å². The van der Waals surface area contributed by atoms with E-state index in [2.05, 4.69) is 10.3 Å². The first-order valence-electron chi connectivity index (χ1n) is 8.71. The molecule has 0 fully saturated rings. The zero-order valence-corrected chi connectivity index (χ0v) is 16.0. The molecular weight excluding hydrogens is 443 g/mol. The summed E-state index contributed by atoms with van der Waals surface area (Å²) in [5.41, 5.74) is -0.194. The van der Waals surface area contributed by atoms with Gasteiger partial charge in [0, 0.05) is 10.7 Å². The molecule has 3 aromatic carbocycles. The first-order chi connectivity index (χ1) is 14.7. The summed E-state index contributed by atoms with van der Waals surface area (Å²) in [6.07, 6.45) is 0.0594. The van der Waals surface area contributed by atoms with E-state index in [0.29, 0.717) is 10.7 Å². The third kappa shape index (κ3) is 3.96. The van der Waals surface area contributed by atoms with Crippen LogP contribution in [0.1, 0.15) is 5.56 Å². The highest BCUT2D eigenvalue weighted by Gasteiger charge is 2.29. The summed E-state index contributed by atoms with van der Waals surface area (Å²) in [7, 11) is 0. The molecule has 0 aliphatic carbocycles. The maximum absolute atomic E-state index is 14.0. The predicted molar refractivity (Wildman–Crippen MR) is 103 cm³/mol. The van der Waals surface area contributed by atoms with Crippen LogP contribution in [0.15, 0.2) is 46.9 Å². The van der Waals surface area contributed by atoms with Crippen molar-refractivity contribution in [3.8, 4) is 11.5 Å². The van der Waals surface area contributed by atoms with Gasteiger partial charge in [-0.05, 0) is 35.9 Å². The molecule has 0 radical (unpaired) electrons. The molecule has 0 spiro atoms. The van der Waals surface area contributed by atoms with Gasteiger partial charge in [0.25, 0.3) is 0 Å². The lowest BCUT2D eigenvalue weighted by Crippen LogP contribution is -2.14. The summed E-state index contributed by atoms with van der Waals surface area (Å²) >= 11 is 5.80. The number of nitrogens with one attached hydrogen (secondary N) is 1. The number of carbonyl (C=O) groups is 1. The van der Waals surface area contributed by atoms with Gasteiger partial charge in [0.15, 0.2) is 28.9 Å². The fraction of sp³-hybridized carbons (Fsp3) is 0.0476. The highest BCUT2D eigenvalue weighted by molar-refractivity contribution is 6.30. The van der Waals surface area contributed by atoms with Crippen LogP contribution in [0.2, 0.25) is 5.02 Å². The lowest BCUT2D eigenvalue weighted by atomic mass is 10.1. The van der Waals surface area contributed by atoms with Crippen molar-refractivity contribution in [2.75, 3.05) is 5.32 Å². The predicted octanol–water partition coefficient (Wildman–Crippen LogP) is 6.02. The van der Waals surface area contributed by atoms with Crippen LogP contribution >= 0.6 is 11.6 Å². The first-order valence-corrected chi connectivity index (χ1v) is 9.09. The van der Waals surface area contributed by atoms with Crippen molar-refractivity contribution in [1.82, 2.24) is 4.98 Å². The third-order valence-corrected chi connectivity index (χ3v) is 4.62. The van der Waals surface area contributed by atoms with E-state index in [4.69, 9.17) is 16.0 Å². The molecule has 1 heterocycles. The van der Waals surface area contributed by atoms with Gasteiger partial charge >= 0.3 is 0 Å². The Morgan fingerprint density at radius 3 is 2.16 bits per heavy atom. The smallest absolute Gasteiger partial charge is 0.233 e. The van der Waals surface area contributed by atoms with Crippen molar-refractivity contribution in [1.29, 1.82) is 0 Å². The van der Waals surface area contributed by atoms with Gasteiger partial charge in [0.05, 0.1) is 6.42 Å². The van der Waals surface area contributed by atoms with Crippen LogP contribution in [0, 0.1) is 29.1 Å². The molecule has 1 aromatic heterocycles. The lowest BCUT2D eigenvalue weighted by Gasteiger charge is -2.05. The molecule has 0 unspecified atom stereocenters. The monoisotopic (exact) mass is 452 g/mol. The number of nitrogens with zero attached hydrogens (tertiary/aromatic N) is 1. The van der Waals surface area contributed by atoms with Crippen LogP contribution < -0.4 is 5.32 Å². The maximum atomic E-state index is 14.0. The second-order valence-corrected chi connectivity index (χ2v) is 6.93. The largest absolute Gasteiger partial charge is 0.436 e. The second kappa shape index (κ2) is 7.99. The Morgan fingerprint density at radius 1 is 0.903 bits per heavy atom. The van der Waals surface area contributed by atoms with Crippen molar-refractivity contribution in [2.24, 2.45) is 0 Å². The number of hydrogen-bond acceptors (Lipinski definition) is 3. The standard InChI is InChI=1S/C21H10ClF5N2O2/c22-10-3-1-9(2-4-10)7-14(30)28-11-5-6-13-12(8-11)29-21(31-13)15-16(23)18(25)20(27)19(26)17(15)24/h1-6,8H,7H2,(H,28,30). The minimum absolute atomic E-state index is 0.0228. The Hall–Kier alpha value is -3.46. The second-order valence-electron chi connectivity index (χ2n) is 6.50. The number of aromatic nitrogens is 1. The SMILES string of the molecule is O=C(Cc1ccc(Cl)cc1)Nc1ccc2oc(-c3c(F)c(F)c(F)c(F)c3F)nc2c1. The molecule has 4 aromatic rings. The van der Waals surface area contributed by atoms with Crippen molar-refractivity contribution in [2.45, 2.75) is 6.42 Å². The van der Waals surface area contributed by atoms with E-state index >= 15 is 0 Å². The van der Waals surface area contributed by atoms with Gasteiger partial charge in [-0.15, -0.1) is 0 Å². The molecule has 4 nitrogen and oxygen atoms in total. The number of benzene rings is 3. The van der Waals surface area contributed by atoms with Gasteiger partial charge in [0.2, 0.25) is 17.6 Å². The zero-order chi connectivity index (χ0) is 22.3. The number of amides is 1. The van der Waals surface area contributed by atoms with E-state index in [1.165, 1.54) is 18.2 Å². The summed E-state index contributed by atoms with van der Waals surface area (Å²) in [6.45, 7) is 0. The molecule has 1 N–H and O–H groups in total. The van der Waals surface area contributed by atoms with E-state index < -0.39 is 40.5 Å². The number of rotatable bonds is 4. The Morgan fingerprint density at radius 2 is 1.52 bits per heavy atom. The van der Waals surface area contributed by atoms with E-state index in [1.54, 1.807) is 24.3 Å². The molecule has 4 rings (SSSR count). The summed E-state index contributed by atoms with van der Waals surface area (Å²) in [5, 5.41) is 3.16. The van der Waals surface area contributed by atoms with Crippen molar-refractivity contribution < 1.29 is 31.2 Å². The van der Waals surface area contributed by atoms with E-state index in [-0.39, 0.29) is 23.4 Å². The zero-order valence-electron chi connectivity index (χ0n) is 15.3. The third-order valence-electron chi connectivity index (χ3n) is 4.37. The molecule has 1 amide bonds. The van der Waals surface area contributed by atoms with E-state index in [9.17, 15) is 26.7 Å². The average molecular weight is 453 g/mol. The van der Waals surface area contributed by atoms with Crippen molar-refractivity contribution in [3.05, 3.63) is 82.1 Å². The molecule has 158 valence electrons. The fourth-order valence-corrected chi connectivity index (χ4v) is 3.02. The van der Waals surface area contributed by atoms with Crippen LogP contribution in [-0.4, -0.2) is 10.9 Å². The number of hydrogen-bond donors (Lipinski definition) is 1. The normalized spacial score (nSPS) is 11.2. The Balaban J connectivity index is 1.62. The van der Waals surface area contributed by atoms with Crippen LogP contribution in [0.25, 0.3) is 22.6 Å². The van der Waals surface area contributed by atoms with Gasteiger partial charge in [-0.3, -0.25) is 4.79 Å².